The number of nitrogens with one attached hydrogen (secondary N) is 1. The standard InChI is InChI=1S/C19H19N3O8S/c1-8(23)28-5-9-6-31-18-13(17(25)22(18)14(9)19(26)27)21-16(24)12(20)10-3-2-4-11-15(10)30-7-29-11/h2-4,12-13,18H,5-7,20H2,1H3,(H,21,24)(H,26,27). The minimum absolute atomic E-state index is 0.0233. The summed E-state index contributed by atoms with van der Waals surface area (Å²) in [5.74, 6) is -1.95. The van der Waals surface area contributed by atoms with Gasteiger partial charge in [-0.05, 0) is 6.07 Å². The first-order valence-corrected chi connectivity index (χ1v) is 10.3. The normalized spacial score (nSPS) is 22.4. The molecule has 3 unspecified atom stereocenters. The third kappa shape index (κ3) is 3.68. The van der Waals surface area contributed by atoms with Crippen molar-refractivity contribution in [3.05, 3.63) is 35.0 Å². The van der Waals surface area contributed by atoms with Crippen LogP contribution >= 0.6 is 11.8 Å². The fourth-order valence-corrected chi connectivity index (χ4v) is 4.89. The first kappa shape index (κ1) is 21.0. The molecule has 3 heterocycles. The molecule has 12 heteroatoms. The smallest absolute Gasteiger partial charge is 0.352 e. The Morgan fingerprint density at radius 2 is 2.16 bits per heavy atom. The molecule has 1 aromatic rings. The third-order valence-corrected chi connectivity index (χ3v) is 6.38. The summed E-state index contributed by atoms with van der Waals surface area (Å²) < 4.78 is 15.6. The van der Waals surface area contributed by atoms with Gasteiger partial charge in [0.2, 0.25) is 12.7 Å². The number of para-hydroxylation sites is 1. The van der Waals surface area contributed by atoms with E-state index < -0.39 is 41.2 Å². The van der Waals surface area contributed by atoms with Crippen LogP contribution < -0.4 is 20.5 Å². The third-order valence-electron chi connectivity index (χ3n) is 5.04. The number of esters is 1. The van der Waals surface area contributed by atoms with Crippen molar-refractivity contribution >= 4 is 35.5 Å². The predicted molar refractivity (Wildman–Crippen MR) is 106 cm³/mol. The van der Waals surface area contributed by atoms with E-state index in [1.807, 2.05) is 0 Å². The molecule has 4 N–H and O–H groups in total. The van der Waals surface area contributed by atoms with Crippen LogP contribution in [0.4, 0.5) is 0 Å². The summed E-state index contributed by atoms with van der Waals surface area (Å²) in [6, 6.07) is 2.96. The Kier molecular flexibility index (Phi) is 5.50. The van der Waals surface area contributed by atoms with Crippen molar-refractivity contribution in [3.63, 3.8) is 0 Å². The number of benzene rings is 1. The molecule has 3 atom stereocenters. The van der Waals surface area contributed by atoms with Crippen LogP contribution in [0.25, 0.3) is 0 Å². The molecule has 0 bridgehead atoms. The summed E-state index contributed by atoms with van der Waals surface area (Å²) in [6.07, 6.45) is 0. The minimum atomic E-state index is -1.31. The summed E-state index contributed by atoms with van der Waals surface area (Å²) in [7, 11) is 0. The molecule has 2 amide bonds. The number of β-lactam (4-membered cyclic amide) rings is 1. The predicted octanol–water partition coefficient (Wildman–Crippen LogP) is -0.283. The first-order chi connectivity index (χ1) is 14.8. The zero-order valence-electron chi connectivity index (χ0n) is 16.3. The highest BCUT2D eigenvalue weighted by Crippen LogP contribution is 2.41. The van der Waals surface area contributed by atoms with Gasteiger partial charge in [0.15, 0.2) is 11.5 Å². The lowest BCUT2D eigenvalue weighted by Gasteiger charge is -2.49. The van der Waals surface area contributed by atoms with Crippen LogP contribution in [-0.2, 0) is 23.9 Å². The average Bonchev–Trinajstić information content (AvgIpc) is 3.23. The number of thioether (sulfide) groups is 1. The van der Waals surface area contributed by atoms with Crippen molar-refractivity contribution in [2.24, 2.45) is 5.73 Å². The van der Waals surface area contributed by atoms with Gasteiger partial charge in [0, 0.05) is 23.8 Å². The number of nitrogens with two attached hydrogens (primary N) is 1. The van der Waals surface area contributed by atoms with Crippen LogP contribution in [0, 0.1) is 0 Å². The molecule has 31 heavy (non-hydrogen) atoms. The quantitative estimate of drug-likeness (QED) is 0.389. The van der Waals surface area contributed by atoms with Crippen LogP contribution in [0.5, 0.6) is 11.5 Å². The van der Waals surface area contributed by atoms with Gasteiger partial charge in [-0.2, -0.15) is 0 Å². The monoisotopic (exact) mass is 449 g/mol. The molecule has 1 saturated heterocycles. The van der Waals surface area contributed by atoms with Crippen molar-refractivity contribution < 1.29 is 38.5 Å². The zero-order valence-corrected chi connectivity index (χ0v) is 17.1. The second kappa shape index (κ2) is 8.12. The Balaban J connectivity index is 1.48. The number of carboxylic acid groups (broad SMARTS) is 1. The SMILES string of the molecule is CC(=O)OCC1=C(C(=O)O)N2C(=O)C(NC(=O)C(N)c3cccc4c3OCO4)C2SC1. The molecule has 0 spiro atoms. The first-order valence-electron chi connectivity index (χ1n) is 9.27. The summed E-state index contributed by atoms with van der Waals surface area (Å²) in [6.45, 7) is 1.02. The lowest BCUT2D eigenvalue weighted by molar-refractivity contribution is -0.151. The second-order valence-electron chi connectivity index (χ2n) is 6.99. The number of carbonyl (C=O) groups excluding carboxylic acids is 3. The number of aliphatic carboxylic acids is 1. The van der Waals surface area contributed by atoms with Gasteiger partial charge in [-0.3, -0.25) is 19.3 Å². The van der Waals surface area contributed by atoms with Crippen molar-refractivity contribution in [1.29, 1.82) is 0 Å². The number of fused-ring (bicyclic) bond motifs is 2. The van der Waals surface area contributed by atoms with Crippen molar-refractivity contribution in [1.82, 2.24) is 10.2 Å². The molecular formula is C19H19N3O8S. The van der Waals surface area contributed by atoms with Crippen molar-refractivity contribution in [3.8, 4) is 11.5 Å². The van der Waals surface area contributed by atoms with Gasteiger partial charge >= 0.3 is 11.9 Å². The van der Waals surface area contributed by atoms with E-state index >= 15 is 0 Å². The second-order valence-corrected chi connectivity index (χ2v) is 8.10. The molecule has 3 aliphatic heterocycles. The topological polar surface area (TPSA) is 157 Å². The number of carbonyl (C=O) groups is 4. The lowest BCUT2D eigenvalue weighted by Crippen LogP contribution is -2.71. The molecule has 0 aromatic heterocycles. The number of amides is 2. The minimum Gasteiger partial charge on any atom is -0.477 e. The van der Waals surface area contributed by atoms with E-state index in [1.54, 1.807) is 18.2 Å². The van der Waals surface area contributed by atoms with Gasteiger partial charge in [0.05, 0.1) is 0 Å². The molecule has 3 aliphatic rings. The Morgan fingerprint density at radius 3 is 2.87 bits per heavy atom. The van der Waals surface area contributed by atoms with Crippen LogP contribution in [0.15, 0.2) is 29.5 Å². The van der Waals surface area contributed by atoms with Crippen LogP contribution in [0.3, 0.4) is 0 Å². The highest BCUT2D eigenvalue weighted by molar-refractivity contribution is 8.00. The van der Waals surface area contributed by atoms with E-state index in [1.165, 1.54) is 18.7 Å². The molecule has 0 radical (unpaired) electrons. The van der Waals surface area contributed by atoms with Crippen LogP contribution in [-0.4, -0.2) is 64.3 Å². The summed E-state index contributed by atoms with van der Waals surface area (Å²) in [5, 5.41) is 11.6. The van der Waals surface area contributed by atoms with Crippen molar-refractivity contribution in [2.75, 3.05) is 19.2 Å². The van der Waals surface area contributed by atoms with Gasteiger partial charge in [0.25, 0.3) is 5.91 Å². The maximum atomic E-state index is 12.7. The lowest BCUT2D eigenvalue weighted by atomic mass is 10.0. The van der Waals surface area contributed by atoms with E-state index in [4.69, 9.17) is 19.9 Å². The van der Waals surface area contributed by atoms with E-state index in [2.05, 4.69) is 5.32 Å². The Morgan fingerprint density at radius 1 is 1.39 bits per heavy atom. The van der Waals surface area contributed by atoms with E-state index in [0.717, 1.165) is 4.90 Å². The summed E-state index contributed by atoms with van der Waals surface area (Å²) >= 11 is 1.27. The molecular weight excluding hydrogens is 430 g/mol. The number of hydrogen-bond acceptors (Lipinski definition) is 9. The molecule has 164 valence electrons. The summed E-state index contributed by atoms with van der Waals surface area (Å²) in [5.41, 5.74) is 6.59. The number of ether oxygens (including phenoxy) is 3. The fraction of sp³-hybridized carbons (Fsp3) is 0.368. The zero-order chi connectivity index (χ0) is 22.3. The number of nitrogens with zero attached hydrogens (tertiary/aromatic N) is 1. The summed E-state index contributed by atoms with van der Waals surface area (Å²) in [4.78, 5) is 49.3. The van der Waals surface area contributed by atoms with E-state index in [0.29, 0.717) is 22.6 Å². The van der Waals surface area contributed by atoms with Crippen molar-refractivity contribution in [2.45, 2.75) is 24.4 Å². The molecule has 1 fully saturated rings. The number of hydrogen-bond donors (Lipinski definition) is 3. The number of rotatable bonds is 6. The van der Waals surface area contributed by atoms with Gasteiger partial charge in [-0.1, -0.05) is 12.1 Å². The van der Waals surface area contributed by atoms with E-state index in [-0.39, 0.29) is 24.8 Å². The molecule has 4 rings (SSSR count). The van der Waals surface area contributed by atoms with Gasteiger partial charge in [-0.15, -0.1) is 11.8 Å². The Bertz CT molecular complexity index is 1010. The molecule has 0 saturated carbocycles. The molecule has 1 aromatic carbocycles. The Hall–Kier alpha value is -3.25. The fourth-order valence-electron chi connectivity index (χ4n) is 3.57. The molecule has 0 aliphatic carbocycles. The van der Waals surface area contributed by atoms with Crippen LogP contribution in [0.2, 0.25) is 0 Å². The maximum Gasteiger partial charge on any atom is 0.352 e. The van der Waals surface area contributed by atoms with E-state index in [9.17, 15) is 24.3 Å². The highest BCUT2D eigenvalue weighted by Gasteiger charge is 2.54. The van der Waals surface area contributed by atoms with Gasteiger partial charge in [0.1, 0.15) is 29.8 Å². The highest BCUT2D eigenvalue weighted by atomic mass is 32.2. The van der Waals surface area contributed by atoms with Gasteiger partial charge in [-0.25, -0.2) is 4.79 Å². The van der Waals surface area contributed by atoms with Crippen LogP contribution in [0.1, 0.15) is 18.5 Å². The number of carboxylic acids is 1. The Labute approximate surface area is 180 Å². The maximum absolute atomic E-state index is 12.7. The largest absolute Gasteiger partial charge is 0.477 e. The molecule has 11 nitrogen and oxygen atoms in total. The van der Waals surface area contributed by atoms with Gasteiger partial charge < -0.3 is 30.4 Å². The average molecular weight is 449 g/mol.